The molecule has 6 nitrogen and oxygen atoms in total. The molecule has 0 aliphatic rings. The Morgan fingerprint density at radius 3 is 2.28 bits per heavy atom. The number of hydrogen-bond donors (Lipinski definition) is 2. The zero-order chi connectivity index (χ0) is 18.7. The number of carbonyl (C=O) groups is 1. The Hall–Kier alpha value is -2.59. The third kappa shape index (κ3) is 5.19. The van der Waals surface area contributed by atoms with Gasteiger partial charge in [-0.15, -0.1) is 13.2 Å². The molecule has 0 bridgehead atoms. The fraction of sp³-hybridized carbons (Fsp3) is 0.133. The van der Waals surface area contributed by atoms with Crippen molar-refractivity contribution in [3.8, 4) is 5.75 Å². The van der Waals surface area contributed by atoms with E-state index in [0.717, 1.165) is 18.2 Å². The van der Waals surface area contributed by atoms with Crippen LogP contribution in [0.2, 0.25) is 0 Å². The van der Waals surface area contributed by atoms with Gasteiger partial charge in [-0.05, 0) is 17.7 Å². The minimum Gasteiger partial charge on any atom is -0.406 e. The molecule has 0 saturated heterocycles. The number of hydrogen-bond acceptors (Lipinski definition) is 4. The zero-order valence-electron chi connectivity index (χ0n) is 12.5. The lowest BCUT2D eigenvalue weighted by molar-refractivity contribution is -0.274. The molecule has 3 N–H and O–H groups in total. The van der Waals surface area contributed by atoms with E-state index in [0.29, 0.717) is 11.6 Å². The molecule has 0 aromatic heterocycles. The molecule has 10 heteroatoms. The molecule has 0 spiro atoms. The molecule has 1 atom stereocenters. The van der Waals surface area contributed by atoms with Crippen molar-refractivity contribution in [2.75, 3.05) is 0 Å². The number of ether oxygens (including phenoxy) is 1. The summed E-state index contributed by atoms with van der Waals surface area (Å²) < 4.78 is 67.3. The predicted molar refractivity (Wildman–Crippen MR) is 81.8 cm³/mol. The van der Waals surface area contributed by atoms with Crippen LogP contribution >= 0.6 is 0 Å². The molecule has 0 heterocycles. The van der Waals surface area contributed by atoms with Crippen molar-refractivity contribution in [1.29, 1.82) is 0 Å². The van der Waals surface area contributed by atoms with Crippen LogP contribution in [0.5, 0.6) is 5.75 Å². The topological polar surface area (TPSA) is 98.5 Å². The molecule has 0 aliphatic heterocycles. The van der Waals surface area contributed by atoms with E-state index >= 15 is 0 Å². The van der Waals surface area contributed by atoms with Gasteiger partial charge in [0.2, 0.25) is 15.9 Å². The molecular formula is C15H13F3N2O4S. The number of nitrogens with one attached hydrogen (secondary N) is 1. The minimum absolute atomic E-state index is 0.293. The van der Waals surface area contributed by atoms with E-state index in [4.69, 9.17) is 5.73 Å². The standard InChI is InChI=1S/C15H13F3N2O4S/c16-15(17,18)24-11-7-4-8-12(9-11)25(22,23)20-13(14(19)21)10-5-2-1-3-6-10/h1-9,13,20H,(H2,19,21). The van der Waals surface area contributed by atoms with Crippen LogP contribution in [0.15, 0.2) is 59.5 Å². The van der Waals surface area contributed by atoms with Gasteiger partial charge in [-0.2, -0.15) is 4.72 Å². The molecule has 0 radical (unpaired) electrons. The van der Waals surface area contributed by atoms with Gasteiger partial charge in [0.05, 0.1) is 4.90 Å². The summed E-state index contributed by atoms with van der Waals surface area (Å²) in [5.74, 6) is -1.66. The first kappa shape index (κ1) is 18.7. The van der Waals surface area contributed by atoms with Gasteiger partial charge < -0.3 is 10.5 Å². The van der Waals surface area contributed by atoms with Gasteiger partial charge in [-0.3, -0.25) is 4.79 Å². The van der Waals surface area contributed by atoms with Gasteiger partial charge in [0.1, 0.15) is 11.8 Å². The number of benzene rings is 2. The van der Waals surface area contributed by atoms with E-state index in [1.165, 1.54) is 12.1 Å². The van der Waals surface area contributed by atoms with Crippen molar-refractivity contribution < 1.29 is 31.1 Å². The Kier molecular flexibility index (Phi) is 5.33. The maximum atomic E-state index is 12.4. The summed E-state index contributed by atoms with van der Waals surface area (Å²) in [6, 6.07) is 10.2. The molecule has 25 heavy (non-hydrogen) atoms. The lowest BCUT2D eigenvalue weighted by atomic mass is 10.1. The fourth-order valence-corrected chi connectivity index (χ4v) is 3.23. The highest BCUT2D eigenvalue weighted by atomic mass is 32.2. The number of rotatable bonds is 6. The fourth-order valence-electron chi connectivity index (χ4n) is 2.00. The summed E-state index contributed by atoms with van der Waals surface area (Å²) in [6.45, 7) is 0. The number of alkyl halides is 3. The Balaban J connectivity index is 2.32. The SMILES string of the molecule is NC(=O)C(NS(=O)(=O)c1cccc(OC(F)(F)F)c1)c1ccccc1. The minimum atomic E-state index is -4.96. The smallest absolute Gasteiger partial charge is 0.406 e. The van der Waals surface area contributed by atoms with E-state index < -0.39 is 39.0 Å². The summed E-state index contributed by atoms with van der Waals surface area (Å²) in [4.78, 5) is 11.1. The maximum Gasteiger partial charge on any atom is 0.573 e. The molecule has 2 rings (SSSR count). The third-order valence-electron chi connectivity index (χ3n) is 3.04. The third-order valence-corrected chi connectivity index (χ3v) is 4.46. The molecule has 0 fully saturated rings. The highest BCUT2D eigenvalue weighted by molar-refractivity contribution is 7.89. The van der Waals surface area contributed by atoms with Gasteiger partial charge in [0.25, 0.3) is 0 Å². The molecule has 0 aliphatic carbocycles. The number of halogens is 3. The quantitative estimate of drug-likeness (QED) is 0.809. The largest absolute Gasteiger partial charge is 0.573 e. The summed E-state index contributed by atoms with van der Waals surface area (Å²) in [5.41, 5.74) is 5.52. The first-order chi connectivity index (χ1) is 11.6. The monoisotopic (exact) mass is 374 g/mol. The number of carbonyl (C=O) groups excluding carboxylic acids is 1. The summed E-state index contributed by atoms with van der Waals surface area (Å²) >= 11 is 0. The Morgan fingerprint density at radius 2 is 1.72 bits per heavy atom. The van der Waals surface area contributed by atoms with Crippen LogP contribution in [0.25, 0.3) is 0 Å². The van der Waals surface area contributed by atoms with E-state index in [1.807, 2.05) is 0 Å². The average molecular weight is 374 g/mol. The van der Waals surface area contributed by atoms with Crippen LogP contribution in [-0.2, 0) is 14.8 Å². The van der Waals surface area contributed by atoms with E-state index in [1.54, 1.807) is 18.2 Å². The van der Waals surface area contributed by atoms with Gasteiger partial charge in [-0.25, -0.2) is 8.42 Å². The Bertz CT molecular complexity index is 855. The number of sulfonamides is 1. The molecule has 1 unspecified atom stereocenters. The molecule has 134 valence electrons. The first-order valence-corrected chi connectivity index (χ1v) is 8.29. The van der Waals surface area contributed by atoms with Gasteiger partial charge >= 0.3 is 6.36 Å². The van der Waals surface area contributed by atoms with Crippen LogP contribution in [0.3, 0.4) is 0 Å². The van der Waals surface area contributed by atoms with Crippen molar-refractivity contribution in [1.82, 2.24) is 4.72 Å². The average Bonchev–Trinajstić information content (AvgIpc) is 2.52. The summed E-state index contributed by atoms with van der Waals surface area (Å²) in [7, 11) is -4.33. The van der Waals surface area contributed by atoms with Crippen LogP contribution < -0.4 is 15.2 Å². The first-order valence-electron chi connectivity index (χ1n) is 6.81. The van der Waals surface area contributed by atoms with E-state index in [-0.39, 0.29) is 0 Å². The van der Waals surface area contributed by atoms with Crippen LogP contribution in [-0.4, -0.2) is 20.7 Å². The zero-order valence-corrected chi connectivity index (χ0v) is 13.3. The normalized spacial score (nSPS) is 13.2. The lowest BCUT2D eigenvalue weighted by Gasteiger charge is -2.16. The van der Waals surface area contributed by atoms with Crippen molar-refractivity contribution in [3.63, 3.8) is 0 Å². The van der Waals surface area contributed by atoms with Crippen LogP contribution in [0.1, 0.15) is 11.6 Å². The number of primary amides is 1. The van der Waals surface area contributed by atoms with Gasteiger partial charge in [0.15, 0.2) is 0 Å². The number of amides is 1. The second kappa shape index (κ2) is 7.11. The predicted octanol–water partition coefficient (Wildman–Crippen LogP) is 2.09. The van der Waals surface area contributed by atoms with Crippen molar-refractivity contribution in [2.45, 2.75) is 17.3 Å². The van der Waals surface area contributed by atoms with E-state index in [2.05, 4.69) is 9.46 Å². The van der Waals surface area contributed by atoms with Crippen LogP contribution in [0, 0.1) is 0 Å². The molecular weight excluding hydrogens is 361 g/mol. The number of nitrogens with two attached hydrogens (primary N) is 1. The molecule has 1 amide bonds. The Morgan fingerprint density at radius 1 is 1.08 bits per heavy atom. The van der Waals surface area contributed by atoms with Crippen LogP contribution in [0.4, 0.5) is 13.2 Å². The van der Waals surface area contributed by atoms with Gasteiger partial charge in [0, 0.05) is 6.07 Å². The molecule has 2 aromatic carbocycles. The molecule has 2 aromatic rings. The summed E-state index contributed by atoms with van der Waals surface area (Å²) in [6.07, 6.45) is -4.96. The van der Waals surface area contributed by atoms with Crippen molar-refractivity contribution in [3.05, 3.63) is 60.2 Å². The van der Waals surface area contributed by atoms with E-state index in [9.17, 15) is 26.4 Å². The maximum absolute atomic E-state index is 12.4. The van der Waals surface area contributed by atoms with Crippen molar-refractivity contribution >= 4 is 15.9 Å². The summed E-state index contributed by atoms with van der Waals surface area (Å²) in [5, 5.41) is 0. The second-order valence-electron chi connectivity index (χ2n) is 4.89. The van der Waals surface area contributed by atoms with Crippen molar-refractivity contribution in [2.24, 2.45) is 5.73 Å². The lowest BCUT2D eigenvalue weighted by Crippen LogP contribution is -2.37. The Labute approximate surface area is 141 Å². The molecule has 0 saturated carbocycles. The van der Waals surface area contributed by atoms with Gasteiger partial charge in [-0.1, -0.05) is 36.4 Å². The second-order valence-corrected chi connectivity index (χ2v) is 6.60. The highest BCUT2D eigenvalue weighted by Gasteiger charge is 2.32. The highest BCUT2D eigenvalue weighted by Crippen LogP contribution is 2.25.